The van der Waals surface area contributed by atoms with Gasteiger partial charge in [0, 0.05) is 12.1 Å². The van der Waals surface area contributed by atoms with E-state index in [2.05, 4.69) is 0 Å². The second-order valence-electron chi connectivity index (χ2n) is 4.10. The van der Waals surface area contributed by atoms with Gasteiger partial charge < -0.3 is 5.11 Å². The van der Waals surface area contributed by atoms with Crippen molar-refractivity contribution in [2.24, 2.45) is 0 Å². The van der Waals surface area contributed by atoms with E-state index in [9.17, 15) is 13.2 Å². The van der Waals surface area contributed by atoms with Gasteiger partial charge in [-0.2, -0.15) is 4.31 Å². The zero-order valence-electron chi connectivity index (χ0n) is 10.6. The molecule has 1 rings (SSSR count). The quantitative estimate of drug-likeness (QED) is 0.921. The highest BCUT2D eigenvalue weighted by Gasteiger charge is 2.29. The lowest BCUT2D eigenvalue weighted by Gasteiger charge is -2.19. The van der Waals surface area contributed by atoms with Gasteiger partial charge in [0.25, 0.3) is 0 Å². The molecule has 0 bridgehead atoms. The number of halogens is 2. The molecule has 0 spiro atoms. The Labute approximate surface area is 121 Å². The summed E-state index contributed by atoms with van der Waals surface area (Å²) < 4.78 is 25.4. The van der Waals surface area contributed by atoms with Crippen LogP contribution in [-0.2, 0) is 14.8 Å². The molecule has 0 saturated carbocycles. The Balaban J connectivity index is 3.49. The van der Waals surface area contributed by atoms with Crippen molar-refractivity contribution < 1.29 is 18.3 Å². The van der Waals surface area contributed by atoms with E-state index in [4.69, 9.17) is 28.3 Å². The van der Waals surface area contributed by atoms with Gasteiger partial charge in [-0.3, -0.25) is 4.79 Å². The van der Waals surface area contributed by atoms with Gasteiger partial charge in [0.1, 0.15) is 11.4 Å². The second kappa shape index (κ2) is 5.66. The molecule has 1 aromatic rings. The molecule has 1 N–H and O–H groups in total. The smallest absolute Gasteiger partial charge is 0.318 e. The third kappa shape index (κ3) is 3.20. The summed E-state index contributed by atoms with van der Waals surface area (Å²) in [5.74, 6) is -1.25. The first-order valence-corrected chi connectivity index (χ1v) is 7.42. The Morgan fingerprint density at radius 1 is 1.37 bits per heavy atom. The summed E-state index contributed by atoms with van der Waals surface area (Å²) in [4.78, 5) is 10.5. The van der Waals surface area contributed by atoms with Crippen LogP contribution in [0.15, 0.2) is 11.0 Å². The van der Waals surface area contributed by atoms with Gasteiger partial charge in [-0.15, -0.1) is 0 Å². The predicted octanol–water partition coefficient (Wildman–Crippen LogP) is 2.32. The maximum Gasteiger partial charge on any atom is 0.318 e. The Morgan fingerprint density at radius 2 is 1.89 bits per heavy atom. The van der Waals surface area contributed by atoms with E-state index in [1.165, 1.54) is 14.0 Å². The molecule has 0 unspecified atom stereocenters. The molecule has 0 amide bonds. The fraction of sp³-hybridized carbons (Fsp3) is 0.364. The molecule has 0 fully saturated rings. The van der Waals surface area contributed by atoms with E-state index in [1.807, 2.05) is 0 Å². The maximum atomic E-state index is 12.3. The molecule has 0 aliphatic rings. The summed E-state index contributed by atoms with van der Waals surface area (Å²) in [7, 11) is -2.83. The van der Waals surface area contributed by atoms with Crippen LogP contribution in [0.25, 0.3) is 0 Å². The number of rotatable bonds is 4. The molecule has 1 aromatic carbocycles. The van der Waals surface area contributed by atoms with Crippen molar-refractivity contribution in [3.8, 4) is 0 Å². The molecule has 0 aliphatic carbocycles. The van der Waals surface area contributed by atoms with Gasteiger partial charge in [0.15, 0.2) is 0 Å². The summed E-state index contributed by atoms with van der Waals surface area (Å²) in [5.41, 5.74) is 0.814. The van der Waals surface area contributed by atoms with Gasteiger partial charge in [0.2, 0.25) is 10.0 Å². The number of hydrogen-bond acceptors (Lipinski definition) is 3. The number of aliphatic carboxylic acids is 1. The van der Waals surface area contributed by atoms with Crippen LogP contribution in [0.5, 0.6) is 0 Å². The zero-order chi connectivity index (χ0) is 15.0. The first kappa shape index (κ1) is 16.2. The number of nitrogens with zero attached hydrogens (tertiary/aromatic N) is 1. The fourth-order valence-electron chi connectivity index (χ4n) is 1.55. The van der Waals surface area contributed by atoms with Crippen LogP contribution in [-0.4, -0.2) is 37.4 Å². The predicted molar refractivity (Wildman–Crippen MR) is 73.4 cm³/mol. The van der Waals surface area contributed by atoms with Crippen molar-refractivity contribution in [3.05, 3.63) is 27.2 Å². The lowest BCUT2D eigenvalue weighted by atomic mass is 10.2. The minimum absolute atomic E-state index is 0.0548. The first-order valence-electron chi connectivity index (χ1n) is 5.22. The Hall–Kier alpha value is -0.820. The topological polar surface area (TPSA) is 74.7 Å². The van der Waals surface area contributed by atoms with Crippen LogP contribution >= 0.6 is 23.2 Å². The highest BCUT2D eigenvalue weighted by Crippen LogP contribution is 2.34. The van der Waals surface area contributed by atoms with E-state index in [0.717, 1.165) is 4.31 Å². The molecule has 5 nitrogen and oxygen atoms in total. The second-order valence-corrected chi connectivity index (χ2v) is 6.87. The molecule has 0 saturated heterocycles. The van der Waals surface area contributed by atoms with Crippen molar-refractivity contribution in [1.82, 2.24) is 4.31 Å². The molecule has 19 heavy (non-hydrogen) atoms. The molecule has 0 aliphatic heterocycles. The Bertz CT molecular complexity index is 602. The highest BCUT2D eigenvalue weighted by atomic mass is 35.5. The summed E-state index contributed by atoms with van der Waals surface area (Å²) in [6.45, 7) is 2.50. The van der Waals surface area contributed by atoms with Gasteiger partial charge in [-0.1, -0.05) is 23.2 Å². The Morgan fingerprint density at radius 3 is 2.37 bits per heavy atom. The van der Waals surface area contributed by atoms with Crippen molar-refractivity contribution >= 4 is 39.2 Å². The van der Waals surface area contributed by atoms with E-state index >= 15 is 0 Å². The van der Waals surface area contributed by atoms with E-state index in [1.54, 1.807) is 13.0 Å². The normalized spacial score (nSPS) is 11.9. The minimum Gasteiger partial charge on any atom is -0.480 e. The average Bonchev–Trinajstić information content (AvgIpc) is 2.25. The largest absolute Gasteiger partial charge is 0.480 e. The summed E-state index contributed by atoms with van der Waals surface area (Å²) in [6, 6.07) is 1.56. The first-order chi connectivity index (χ1) is 8.59. The summed E-state index contributed by atoms with van der Waals surface area (Å²) in [5, 5.41) is 9.00. The van der Waals surface area contributed by atoms with Gasteiger partial charge in [-0.25, -0.2) is 8.42 Å². The van der Waals surface area contributed by atoms with Crippen LogP contribution in [0, 0.1) is 13.8 Å². The molecule has 106 valence electrons. The number of carbonyl (C=O) groups is 1. The standard InChI is InChI=1S/C11H13Cl2NO4S/c1-6-4-8(12)7(2)11(10(6)13)19(17,18)14(3)5-9(15)16/h4H,5H2,1-3H3,(H,15,16). The number of aryl methyl sites for hydroxylation is 1. The number of likely N-dealkylation sites (N-methyl/N-ethyl adjacent to an activating group) is 1. The van der Waals surface area contributed by atoms with Crippen LogP contribution in [0.2, 0.25) is 10.0 Å². The minimum atomic E-state index is -4.00. The van der Waals surface area contributed by atoms with Gasteiger partial charge >= 0.3 is 5.97 Å². The zero-order valence-corrected chi connectivity index (χ0v) is 12.9. The van der Waals surface area contributed by atoms with E-state index in [0.29, 0.717) is 11.1 Å². The van der Waals surface area contributed by atoms with Crippen LogP contribution in [0.1, 0.15) is 11.1 Å². The summed E-state index contributed by atoms with van der Waals surface area (Å²) in [6.07, 6.45) is 0. The third-order valence-electron chi connectivity index (χ3n) is 2.61. The van der Waals surface area contributed by atoms with E-state index < -0.39 is 22.5 Å². The molecule has 0 aromatic heterocycles. The number of carboxylic acid groups (broad SMARTS) is 1. The third-order valence-corrected chi connectivity index (χ3v) is 5.58. The molecule has 0 heterocycles. The van der Waals surface area contributed by atoms with Crippen molar-refractivity contribution in [2.75, 3.05) is 13.6 Å². The fourth-order valence-corrected chi connectivity index (χ4v) is 3.83. The lowest BCUT2D eigenvalue weighted by molar-refractivity contribution is -0.137. The van der Waals surface area contributed by atoms with Gasteiger partial charge in [0.05, 0.1) is 5.02 Å². The molecule has 0 atom stereocenters. The highest BCUT2D eigenvalue weighted by molar-refractivity contribution is 7.89. The van der Waals surface area contributed by atoms with Gasteiger partial charge in [-0.05, 0) is 31.0 Å². The molecular weight excluding hydrogens is 313 g/mol. The SMILES string of the molecule is Cc1cc(Cl)c(C)c(S(=O)(=O)N(C)CC(=O)O)c1Cl. The number of sulfonamides is 1. The lowest BCUT2D eigenvalue weighted by Crippen LogP contribution is -2.32. The van der Waals surface area contributed by atoms with Crippen molar-refractivity contribution in [3.63, 3.8) is 0 Å². The maximum absolute atomic E-state index is 12.3. The van der Waals surface area contributed by atoms with Crippen molar-refractivity contribution in [1.29, 1.82) is 0 Å². The molecular formula is C11H13Cl2NO4S. The monoisotopic (exact) mass is 325 g/mol. The van der Waals surface area contributed by atoms with Crippen LogP contribution < -0.4 is 0 Å². The Kier molecular flexibility index (Phi) is 4.84. The molecule has 8 heteroatoms. The van der Waals surface area contributed by atoms with E-state index in [-0.39, 0.29) is 14.9 Å². The average molecular weight is 326 g/mol. The van der Waals surface area contributed by atoms with Crippen LogP contribution in [0.3, 0.4) is 0 Å². The van der Waals surface area contributed by atoms with Crippen molar-refractivity contribution in [2.45, 2.75) is 18.7 Å². The number of hydrogen-bond donors (Lipinski definition) is 1. The van der Waals surface area contributed by atoms with Crippen LogP contribution in [0.4, 0.5) is 0 Å². The molecule has 0 radical (unpaired) electrons. The summed E-state index contributed by atoms with van der Waals surface area (Å²) >= 11 is 12.0. The number of carboxylic acids is 1. The number of benzene rings is 1.